The van der Waals surface area contributed by atoms with E-state index in [1.165, 1.54) is 0 Å². The molecule has 106 valence electrons. The molecule has 1 atom stereocenters. The summed E-state index contributed by atoms with van der Waals surface area (Å²) >= 11 is 0. The van der Waals surface area contributed by atoms with Crippen LogP contribution in [0.25, 0.3) is 17.5 Å². The summed E-state index contributed by atoms with van der Waals surface area (Å²) in [4.78, 5) is 0. The van der Waals surface area contributed by atoms with Crippen LogP contribution in [0.2, 0.25) is 0 Å². The first kappa shape index (κ1) is 11.8. The molecule has 2 aromatic carbocycles. The number of nitrogens with zero attached hydrogens (tertiary/aromatic N) is 1. The third-order valence-electron chi connectivity index (χ3n) is 4.48. The first-order valence-electron chi connectivity index (χ1n) is 7.13. The topological polar surface area (TPSA) is 55.3 Å². The summed E-state index contributed by atoms with van der Waals surface area (Å²) < 4.78 is -0.587. The van der Waals surface area contributed by atoms with Crippen LogP contribution in [-0.4, -0.2) is 5.11 Å². The Labute approximate surface area is 126 Å². The largest absolute Gasteiger partial charge is 0.617 e. The summed E-state index contributed by atoms with van der Waals surface area (Å²) in [6, 6.07) is 12.8. The molecule has 0 aromatic heterocycles. The van der Waals surface area contributed by atoms with Crippen molar-refractivity contribution in [3.8, 4) is 5.75 Å². The summed E-state index contributed by atoms with van der Waals surface area (Å²) in [5, 5.41) is 28.3. The van der Waals surface area contributed by atoms with E-state index >= 15 is 0 Å². The summed E-state index contributed by atoms with van der Waals surface area (Å²) in [7, 11) is 0. The van der Waals surface area contributed by atoms with Crippen LogP contribution in [0, 0.1) is 5.21 Å². The number of phenolic OH excluding ortho intramolecular Hbond substituents is 1. The van der Waals surface area contributed by atoms with Gasteiger partial charge in [-0.2, -0.15) is 0 Å². The minimum Gasteiger partial charge on any atom is -0.617 e. The third kappa shape index (κ3) is 1.24. The van der Waals surface area contributed by atoms with Crippen molar-refractivity contribution in [3.05, 3.63) is 81.6 Å². The van der Waals surface area contributed by atoms with Crippen molar-refractivity contribution in [2.45, 2.75) is 0 Å². The lowest BCUT2D eigenvalue weighted by atomic mass is 10.0. The lowest BCUT2D eigenvalue weighted by Gasteiger charge is -2.39. The van der Waals surface area contributed by atoms with Crippen LogP contribution in [-0.2, 0) is 0 Å². The molecule has 0 saturated heterocycles. The zero-order valence-electron chi connectivity index (χ0n) is 11.6. The van der Waals surface area contributed by atoms with E-state index in [2.05, 4.69) is 5.32 Å². The Balaban J connectivity index is 2.01. The third-order valence-corrected chi connectivity index (χ3v) is 4.48. The van der Waals surface area contributed by atoms with Gasteiger partial charge in [-0.3, -0.25) is 4.65 Å². The van der Waals surface area contributed by atoms with Crippen LogP contribution in [0.15, 0.2) is 60.4 Å². The Kier molecular flexibility index (Phi) is 1.97. The van der Waals surface area contributed by atoms with Crippen LogP contribution in [0.4, 0.5) is 5.69 Å². The maximum absolute atomic E-state index is 13.6. The SMILES string of the molecule is [O-][N+]12C=c3ccc(O)cc3=C3NC=CC(=C31)c1ccccc12. The van der Waals surface area contributed by atoms with Gasteiger partial charge in [0.05, 0.1) is 11.1 Å². The number of dihydropyridines is 1. The molecular formula is C18H12N2O2. The highest BCUT2D eigenvalue weighted by Gasteiger charge is 2.42. The molecule has 22 heavy (non-hydrogen) atoms. The number of aromatic hydroxyl groups is 1. The molecule has 5 rings (SSSR count). The molecule has 0 radical (unpaired) electrons. The van der Waals surface area contributed by atoms with Gasteiger partial charge in [0, 0.05) is 22.7 Å². The highest BCUT2D eigenvalue weighted by molar-refractivity contribution is 6.02. The van der Waals surface area contributed by atoms with Crippen LogP contribution in [0.3, 0.4) is 0 Å². The number of fused-ring (bicyclic) bond motifs is 4. The van der Waals surface area contributed by atoms with Gasteiger partial charge >= 0.3 is 0 Å². The van der Waals surface area contributed by atoms with Crippen molar-refractivity contribution in [1.29, 1.82) is 0 Å². The standard InChI is InChI=1S/C18H12N2O2/c21-12-6-5-11-10-20(22)16-4-2-1-3-13(16)14-7-8-19-17(18(14)20)15(11)9-12/h1-10,19,21H. The van der Waals surface area contributed by atoms with E-state index in [0.29, 0.717) is 5.70 Å². The molecule has 3 heterocycles. The maximum Gasteiger partial charge on any atom is 0.175 e. The molecule has 3 aliphatic heterocycles. The van der Waals surface area contributed by atoms with Gasteiger partial charge in [0.25, 0.3) is 0 Å². The first-order valence-corrected chi connectivity index (χ1v) is 7.13. The molecule has 0 fully saturated rings. The van der Waals surface area contributed by atoms with Gasteiger partial charge in [0.15, 0.2) is 11.4 Å². The van der Waals surface area contributed by atoms with Gasteiger partial charge in [-0.25, -0.2) is 0 Å². The lowest BCUT2D eigenvalue weighted by Crippen LogP contribution is -2.48. The molecule has 0 saturated carbocycles. The van der Waals surface area contributed by atoms with Gasteiger partial charge in [0.2, 0.25) is 0 Å². The van der Waals surface area contributed by atoms with Crippen molar-refractivity contribution < 1.29 is 5.11 Å². The summed E-state index contributed by atoms with van der Waals surface area (Å²) in [6.07, 6.45) is 5.50. The van der Waals surface area contributed by atoms with Crippen LogP contribution >= 0.6 is 0 Å². The van der Waals surface area contributed by atoms with Crippen LogP contribution in [0.1, 0.15) is 5.56 Å². The van der Waals surface area contributed by atoms with E-state index in [4.69, 9.17) is 0 Å². The summed E-state index contributed by atoms with van der Waals surface area (Å²) in [6.45, 7) is 0. The van der Waals surface area contributed by atoms with Gasteiger partial charge in [-0.15, -0.1) is 0 Å². The zero-order valence-corrected chi connectivity index (χ0v) is 11.6. The number of nitrogens with one attached hydrogen (secondary N) is 1. The number of benzene rings is 2. The van der Waals surface area contributed by atoms with Crippen molar-refractivity contribution in [3.63, 3.8) is 0 Å². The number of rotatable bonds is 0. The summed E-state index contributed by atoms with van der Waals surface area (Å²) in [5.74, 6) is 0.194. The van der Waals surface area contributed by atoms with Crippen LogP contribution < -0.4 is 20.4 Å². The lowest BCUT2D eigenvalue weighted by molar-refractivity contribution is 0.474. The average Bonchev–Trinajstić information content (AvgIpc) is 2.80. The predicted molar refractivity (Wildman–Crippen MR) is 86.0 cm³/mol. The zero-order chi connectivity index (χ0) is 14.9. The minimum absolute atomic E-state index is 0.194. The van der Waals surface area contributed by atoms with Gasteiger partial charge in [-0.1, -0.05) is 12.1 Å². The van der Waals surface area contributed by atoms with E-state index < -0.39 is 4.65 Å². The number of phenols is 1. The fraction of sp³-hybridized carbons (Fsp3) is 0. The van der Waals surface area contributed by atoms with Gasteiger partial charge in [-0.05, 0) is 30.3 Å². The second-order valence-corrected chi connectivity index (χ2v) is 5.69. The Morgan fingerprint density at radius 2 is 1.95 bits per heavy atom. The fourth-order valence-corrected chi connectivity index (χ4v) is 3.57. The number of para-hydroxylation sites is 1. The molecule has 2 N–H and O–H groups in total. The molecule has 1 unspecified atom stereocenters. The number of quaternary nitrogens is 1. The second kappa shape index (κ2) is 3.68. The van der Waals surface area contributed by atoms with Gasteiger partial charge < -0.3 is 15.6 Å². The van der Waals surface area contributed by atoms with Gasteiger partial charge in [0.1, 0.15) is 17.6 Å². The van der Waals surface area contributed by atoms with E-state index in [-0.39, 0.29) is 5.75 Å². The molecule has 0 spiro atoms. The molecule has 0 amide bonds. The highest BCUT2D eigenvalue weighted by Crippen LogP contribution is 2.49. The van der Waals surface area contributed by atoms with E-state index in [1.54, 1.807) is 24.4 Å². The molecule has 4 nitrogen and oxygen atoms in total. The van der Waals surface area contributed by atoms with Crippen LogP contribution in [0.5, 0.6) is 5.75 Å². The smallest absolute Gasteiger partial charge is 0.175 e. The van der Waals surface area contributed by atoms with E-state index in [1.807, 2.05) is 36.5 Å². The molecule has 2 aromatic rings. The van der Waals surface area contributed by atoms with Crippen molar-refractivity contribution in [2.24, 2.45) is 0 Å². The van der Waals surface area contributed by atoms with E-state index in [9.17, 15) is 10.3 Å². The quantitative estimate of drug-likeness (QED) is 0.572. The maximum atomic E-state index is 13.6. The summed E-state index contributed by atoms with van der Waals surface area (Å²) in [5.41, 5.74) is 4.12. The normalized spacial score (nSPS) is 23.4. The molecule has 0 bridgehead atoms. The first-order chi connectivity index (χ1) is 10.7. The monoisotopic (exact) mass is 288 g/mol. The molecular weight excluding hydrogens is 276 g/mol. The van der Waals surface area contributed by atoms with Crippen molar-refractivity contribution >= 4 is 23.2 Å². The Morgan fingerprint density at radius 1 is 1.09 bits per heavy atom. The highest BCUT2D eigenvalue weighted by atomic mass is 16.5. The number of allylic oxidation sites excluding steroid dienone is 2. The molecule has 4 heteroatoms. The number of hydroxylamine groups is 2. The predicted octanol–water partition coefficient (Wildman–Crippen LogP) is 1.60. The Morgan fingerprint density at radius 3 is 2.86 bits per heavy atom. The fourth-order valence-electron chi connectivity index (χ4n) is 3.57. The minimum atomic E-state index is -0.587. The number of hydrogen-bond donors (Lipinski definition) is 2. The Hall–Kier alpha value is -2.82. The number of hydrogen-bond acceptors (Lipinski definition) is 3. The molecule has 3 aliphatic rings. The average molecular weight is 288 g/mol. The van der Waals surface area contributed by atoms with E-state index in [0.717, 1.165) is 33.0 Å². The molecule has 0 aliphatic carbocycles. The van der Waals surface area contributed by atoms with Crippen molar-refractivity contribution in [2.75, 3.05) is 0 Å². The second-order valence-electron chi connectivity index (χ2n) is 5.69. The Bertz CT molecular complexity index is 1030. The van der Waals surface area contributed by atoms with Crippen molar-refractivity contribution in [1.82, 2.24) is 9.96 Å².